The van der Waals surface area contributed by atoms with E-state index in [1.54, 1.807) is 0 Å². The van der Waals surface area contributed by atoms with E-state index in [2.05, 4.69) is 4.72 Å². The zero-order chi connectivity index (χ0) is 15.6. The molecule has 0 fully saturated rings. The number of nitriles is 1. The number of nitrogens with one attached hydrogen (secondary N) is 1. The molecule has 0 aliphatic carbocycles. The molecule has 0 aliphatic rings. The number of sulfonamides is 1. The zero-order valence-corrected chi connectivity index (χ0v) is 11.8. The largest absolute Gasteiger partial charge is 0.279 e. The van der Waals surface area contributed by atoms with Gasteiger partial charge in [0, 0.05) is 0 Å². The van der Waals surface area contributed by atoms with Crippen LogP contribution in [0, 0.1) is 23.0 Å². The Labute approximate surface area is 124 Å². The van der Waals surface area contributed by atoms with Gasteiger partial charge in [-0.25, -0.2) is 17.2 Å². The maximum Gasteiger partial charge on any atom is 0.263 e. The van der Waals surface area contributed by atoms with Crippen molar-refractivity contribution in [2.24, 2.45) is 0 Å². The van der Waals surface area contributed by atoms with Gasteiger partial charge in [-0.1, -0.05) is 17.7 Å². The topological polar surface area (TPSA) is 70.0 Å². The number of halogens is 3. The third-order valence-corrected chi connectivity index (χ3v) is 4.28. The minimum Gasteiger partial charge on any atom is -0.279 e. The van der Waals surface area contributed by atoms with Crippen molar-refractivity contribution in [3.05, 3.63) is 58.6 Å². The lowest BCUT2D eigenvalue weighted by molar-refractivity contribution is 0.593. The Hall–Kier alpha value is -2.17. The summed E-state index contributed by atoms with van der Waals surface area (Å²) in [6.45, 7) is 0. The summed E-state index contributed by atoms with van der Waals surface area (Å²) in [5, 5.41) is 8.68. The summed E-state index contributed by atoms with van der Waals surface area (Å²) in [6, 6.07) is 7.99. The lowest BCUT2D eigenvalue weighted by Crippen LogP contribution is -2.15. The molecule has 2 aromatic rings. The van der Waals surface area contributed by atoms with Gasteiger partial charge in [-0.3, -0.25) is 4.72 Å². The van der Waals surface area contributed by atoms with E-state index in [-0.39, 0.29) is 10.7 Å². The van der Waals surface area contributed by atoms with E-state index < -0.39 is 32.1 Å². The molecule has 0 bridgehead atoms. The quantitative estimate of drug-likeness (QED) is 0.939. The van der Waals surface area contributed by atoms with E-state index in [0.717, 1.165) is 24.3 Å². The first-order valence-corrected chi connectivity index (χ1v) is 7.38. The zero-order valence-electron chi connectivity index (χ0n) is 10.3. The Morgan fingerprint density at radius 3 is 2.48 bits per heavy atom. The molecule has 0 unspecified atom stereocenters. The van der Waals surface area contributed by atoms with Crippen molar-refractivity contribution >= 4 is 27.3 Å². The highest BCUT2D eigenvalue weighted by atomic mass is 35.5. The van der Waals surface area contributed by atoms with Gasteiger partial charge in [0.1, 0.15) is 28.2 Å². The molecule has 0 aliphatic heterocycles. The van der Waals surface area contributed by atoms with Crippen LogP contribution in [-0.2, 0) is 10.0 Å². The van der Waals surface area contributed by atoms with Crippen molar-refractivity contribution in [1.82, 2.24) is 0 Å². The van der Waals surface area contributed by atoms with E-state index in [1.807, 2.05) is 0 Å². The highest BCUT2D eigenvalue weighted by Gasteiger charge is 2.21. The summed E-state index contributed by atoms with van der Waals surface area (Å²) in [7, 11) is -4.23. The van der Waals surface area contributed by atoms with Crippen molar-refractivity contribution in [3.8, 4) is 6.07 Å². The number of hydrogen-bond acceptors (Lipinski definition) is 3. The fourth-order valence-corrected chi connectivity index (χ4v) is 2.94. The van der Waals surface area contributed by atoms with Gasteiger partial charge in [0.2, 0.25) is 0 Å². The van der Waals surface area contributed by atoms with Gasteiger partial charge >= 0.3 is 0 Å². The second-order valence-electron chi connectivity index (χ2n) is 3.96. The molecule has 0 saturated carbocycles. The Kier molecular flexibility index (Phi) is 4.11. The third kappa shape index (κ3) is 3.12. The van der Waals surface area contributed by atoms with Crippen LogP contribution < -0.4 is 4.72 Å². The first-order chi connectivity index (χ1) is 9.85. The van der Waals surface area contributed by atoms with Crippen LogP contribution in [0.25, 0.3) is 0 Å². The predicted octanol–water partition coefficient (Wildman–Crippen LogP) is 3.29. The second kappa shape index (κ2) is 5.68. The molecule has 21 heavy (non-hydrogen) atoms. The summed E-state index contributed by atoms with van der Waals surface area (Å²) in [6.07, 6.45) is 0. The molecule has 0 heterocycles. The summed E-state index contributed by atoms with van der Waals surface area (Å²) in [5.74, 6) is -1.76. The minimum absolute atomic E-state index is 0.0925. The predicted molar refractivity (Wildman–Crippen MR) is 73.3 cm³/mol. The van der Waals surface area contributed by atoms with Crippen molar-refractivity contribution in [1.29, 1.82) is 5.26 Å². The van der Waals surface area contributed by atoms with Crippen molar-refractivity contribution < 1.29 is 17.2 Å². The number of nitrogens with zero attached hydrogens (tertiary/aromatic N) is 1. The molecule has 2 rings (SSSR count). The van der Waals surface area contributed by atoms with Gasteiger partial charge in [0.05, 0.1) is 10.7 Å². The monoisotopic (exact) mass is 328 g/mol. The van der Waals surface area contributed by atoms with Crippen LogP contribution in [0.5, 0.6) is 0 Å². The number of benzene rings is 2. The molecular weight excluding hydrogens is 322 g/mol. The molecule has 108 valence electrons. The van der Waals surface area contributed by atoms with Gasteiger partial charge < -0.3 is 0 Å². The molecule has 0 spiro atoms. The third-order valence-electron chi connectivity index (χ3n) is 2.55. The summed E-state index contributed by atoms with van der Waals surface area (Å²) in [5.41, 5.74) is -0.704. The lowest BCUT2D eigenvalue weighted by Gasteiger charge is -2.10. The fraction of sp³-hybridized carbons (Fsp3) is 0. The SMILES string of the molecule is N#Cc1c(F)cccc1S(=O)(=O)Nc1ccc(Cl)c(F)c1. The molecule has 0 aromatic heterocycles. The first-order valence-electron chi connectivity index (χ1n) is 5.51. The average Bonchev–Trinajstić information content (AvgIpc) is 2.42. The average molecular weight is 329 g/mol. The van der Waals surface area contributed by atoms with Crippen molar-refractivity contribution in [2.75, 3.05) is 4.72 Å². The smallest absolute Gasteiger partial charge is 0.263 e. The van der Waals surface area contributed by atoms with Gasteiger partial charge in [-0.2, -0.15) is 5.26 Å². The molecule has 0 amide bonds. The van der Waals surface area contributed by atoms with Crippen LogP contribution in [0.15, 0.2) is 41.3 Å². The molecular formula is C13H7ClF2N2O2S. The standard InChI is InChI=1S/C13H7ClF2N2O2S/c14-10-5-4-8(6-12(10)16)18-21(19,20)13-3-1-2-11(15)9(13)7-17/h1-6,18H. The summed E-state index contributed by atoms with van der Waals surface area (Å²) < 4.78 is 53.1. The number of rotatable bonds is 3. The Balaban J connectivity index is 2.46. The maximum atomic E-state index is 13.4. The van der Waals surface area contributed by atoms with Crippen LogP contribution in [-0.4, -0.2) is 8.42 Å². The number of anilines is 1. The first kappa shape index (κ1) is 15.2. The van der Waals surface area contributed by atoms with Crippen LogP contribution in [0.2, 0.25) is 5.02 Å². The van der Waals surface area contributed by atoms with Gasteiger partial charge in [-0.05, 0) is 30.3 Å². The normalized spacial score (nSPS) is 11.0. The maximum absolute atomic E-state index is 13.4. The van der Waals surface area contributed by atoms with Gasteiger partial charge in [-0.15, -0.1) is 0 Å². The Bertz CT molecular complexity index is 848. The Morgan fingerprint density at radius 1 is 1.14 bits per heavy atom. The van der Waals surface area contributed by atoms with Crippen LogP contribution in [0.3, 0.4) is 0 Å². The van der Waals surface area contributed by atoms with Crippen LogP contribution in [0.4, 0.5) is 14.5 Å². The van der Waals surface area contributed by atoms with E-state index >= 15 is 0 Å². The van der Waals surface area contributed by atoms with Crippen molar-refractivity contribution in [2.45, 2.75) is 4.90 Å². The van der Waals surface area contributed by atoms with E-state index in [1.165, 1.54) is 18.2 Å². The highest BCUT2D eigenvalue weighted by Crippen LogP contribution is 2.23. The summed E-state index contributed by atoms with van der Waals surface area (Å²) >= 11 is 5.49. The highest BCUT2D eigenvalue weighted by molar-refractivity contribution is 7.92. The summed E-state index contributed by atoms with van der Waals surface area (Å²) in [4.78, 5) is -0.527. The minimum atomic E-state index is -4.23. The van der Waals surface area contributed by atoms with Crippen molar-refractivity contribution in [3.63, 3.8) is 0 Å². The molecule has 2 aromatic carbocycles. The van der Waals surface area contributed by atoms with Crippen LogP contribution >= 0.6 is 11.6 Å². The van der Waals surface area contributed by atoms with Gasteiger partial charge in [0.25, 0.3) is 10.0 Å². The van der Waals surface area contributed by atoms with E-state index in [0.29, 0.717) is 0 Å². The van der Waals surface area contributed by atoms with Gasteiger partial charge in [0.15, 0.2) is 0 Å². The lowest BCUT2D eigenvalue weighted by atomic mass is 10.2. The molecule has 1 N–H and O–H groups in total. The molecule has 0 saturated heterocycles. The molecule has 8 heteroatoms. The van der Waals surface area contributed by atoms with E-state index in [4.69, 9.17) is 16.9 Å². The second-order valence-corrected chi connectivity index (χ2v) is 6.02. The molecule has 0 radical (unpaired) electrons. The number of hydrogen-bond donors (Lipinski definition) is 1. The van der Waals surface area contributed by atoms with Crippen LogP contribution in [0.1, 0.15) is 5.56 Å². The fourth-order valence-electron chi connectivity index (χ4n) is 1.61. The Morgan fingerprint density at radius 2 is 1.86 bits per heavy atom. The van der Waals surface area contributed by atoms with E-state index in [9.17, 15) is 17.2 Å². The molecule has 0 atom stereocenters. The molecule has 4 nitrogen and oxygen atoms in total.